The van der Waals surface area contributed by atoms with Crippen molar-refractivity contribution >= 4 is 17.1 Å². The first-order chi connectivity index (χ1) is 9.93. The second-order valence-electron chi connectivity index (χ2n) is 7.63. The van der Waals surface area contributed by atoms with Crippen LogP contribution in [-0.4, -0.2) is 22.9 Å². The lowest BCUT2D eigenvalue weighted by atomic mass is 9.85. The molecular formula is C17H26N2OS. The second kappa shape index (κ2) is 5.81. The van der Waals surface area contributed by atoms with E-state index in [4.69, 9.17) is 0 Å². The lowest BCUT2D eigenvalue weighted by Gasteiger charge is -2.24. The van der Waals surface area contributed by atoms with Crippen LogP contribution in [-0.2, 0) is 16.6 Å². The molecule has 116 valence electrons. The van der Waals surface area contributed by atoms with E-state index < -0.39 is 0 Å². The molecule has 1 aromatic rings. The highest BCUT2D eigenvalue weighted by Gasteiger charge is 2.38. The van der Waals surface area contributed by atoms with Crippen molar-refractivity contribution < 1.29 is 4.79 Å². The fourth-order valence-corrected chi connectivity index (χ4v) is 4.60. The number of hydrogen-bond donors (Lipinski definition) is 1. The molecule has 3 rings (SSSR count). The molecule has 0 aromatic carbocycles. The summed E-state index contributed by atoms with van der Waals surface area (Å²) in [5.74, 6) is 1.06. The second-order valence-corrected chi connectivity index (χ2v) is 8.57. The average Bonchev–Trinajstić information content (AvgIpc) is 3.03. The smallest absolute Gasteiger partial charge is 0.156 e. The molecule has 2 heterocycles. The van der Waals surface area contributed by atoms with Gasteiger partial charge in [0.2, 0.25) is 0 Å². The number of carbonyl (C=O) groups excluding carboxylic acids is 1. The first-order valence-electron chi connectivity index (χ1n) is 8.17. The molecular weight excluding hydrogens is 280 g/mol. The summed E-state index contributed by atoms with van der Waals surface area (Å²) in [6.45, 7) is 6.49. The lowest BCUT2D eigenvalue weighted by molar-refractivity contribution is -0.120. The highest BCUT2D eigenvalue weighted by Crippen LogP contribution is 2.34. The Bertz CT molecular complexity index is 503. The number of ketones is 1. The third kappa shape index (κ3) is 3.37. The molecule has 1 aliphatic heterocycles. The molecule has 0 spiro atoms. The number of nitrogens with zero attached hydrogens (tertiary/aromatic N) is 1. The molecule has 21 heavy (non-hydrogen) atoms. The van der Waals surface area contributed by atoms with Gasteiger partial charge in [-0.15, -0.1) is 11.3 Å². The Hall–Kier alpha value is -0.740. The zero-order valence-electron chi connectivity index (χ0n) is 13.3. The number of thiazole rings is 1. The molecule has 1 saturated carbocycles. The minimum atomic E-state index is 0.0678. The third-order valence-corrected chi connectivity index (χ3v) is 5.75. The monoisotopic (exact) mass is 306 g/mol. The molecule has 1 aliphatic carbocycles. The van der Waals surface area contributed by atoms with E-state index in [1.165, 1.54) is 25.7 Å². The molecule has 2 fully saturated rings. The number of aromatic nitrogens is 1. The summed E-state index contributed by atoms with van der Waals surface area (Å²) in [6.07, 6.45) is 6.74. The number of Topliss-reactive ketones (excluding diaryl/α,β-unsaturated/α-hetero) is 1. The van der Waals surface area contributed by atoms with Gasteiger partial charge in [-0.3, -0.25) is 4.79 Å². The minimum Gasteiger partial charge on any atom is -0.304 e. The van der Waals surface area contributed by atoms with Gasteiger partial charge in [-0.25, -0.2) is 4.98 Å². The SMILES string of the molecule is CC(C)(C)c1csc(CC(=O)C2CC3CCCCC3N2)n1. The van der Waals surface area contributed by atoms with Gasteiger partial charge in [-0.05, 0) is 25.2 Å². The van der Waals surface area contributed by atoms with Crippen LogP contribution >= 0.6 is 11.3 Å². The fourth-order valence-electron chi connectivity index (χ4n) is 3.57. The molecule has 3 atom stereocenters. The summed E-state index contributed by atoms with van der Waals surface area (Å²) in [7, 11) is 0. The van der Waals surface area contributed by atoms with Crippen molar-refractivity contribution in [2.24, 2.45) is 5.92 Å². The summed E-state index contributed by atoms with van der Waals surface area (Å²) in [5.41, 5.74) is 1.17. The highest BCUT2D eigenvalue weighted by molar-refractivity contribution is 7.09. The molecule has 3 unspecified atom stereocenters. The Morgan fingerprint density at radius 2 is 2.14 bits per heavy atom. The van der Waals surface area contributed by atoms with Crippen molar-refractivity contribution in [3.8, 4) is 0 Å². The van der Waals surface area contributed by atoms with E-state index in [-0.39, 0.29) is 11.5 Å². The van der Waals surface area contributed by atoms with E-state index in [9.17, 15) is 4.79 Å². The maximum atomic E-state index is 12.5. The zero-order chi connectivity index (χ0) is 15.0. The number of fused-ring (bicyclic) bond motifs is 1. The molecule has 0 radical (unpaired) electrons. The first kappa shape index (κ1) is 15.2. The topological polar surface area (TPSA) is 42.0 Å². The maximum absolute atomic E-state index is 12.5. The van der Waals surface area contributed by atoms with Crippen LogP contribution in [0.3, 0.4) is 0 Å². The molecule has 4 heteroatoms. The van der Waals surface area contributed by atoms with Crippen molar-refractivity contribution in [3.63, 3.8) is 0 Å². The van der Waals surface area contributed by atoms with Crippen LogP contribution in [0.25, 0.3) is 0 Å². The van der Waals surface area contributed by atoms with Gasteiger partial charge in [0.1, 0.15) is 5.01 Å². The Morgan fingerprint density at radius 3 is 2.81 bits per heavy atom. The van der Waals surface area contributed by atoms with Gasteiger partial charge in [0.05, 0.1) is 18.2 Å². The highest BCUT2D eigenvalue weighted by atomic mass is 32.1. The van der Waals surface area contributed by atoms with Crippen molar-refractivity contribution in [3.05, 3.63) is 16.1 Å². The van der Waals surface area contributed by atoms with Gasteiger partial charge in [0, 0.05) is 16.8 Å². The molecule has 2 aliphatic rings. The van der Waals surface area contributed by atoms with Gasteiger partial charge in [0.15, 0.2) is 5.78 Å². The normalized spacial score (nSPS) is 29.4. The van der Waals surface area contributed by atoms with Crippen molar-refractivity contribution in [2.45, 2.75) is 76.8 Å². The van der Waals surface area contributed by atoms with E-state index in [2.05, 4.69) is 36.5 Å². The quantitative estimate of drug-likeness (QED) is 0.929. The Morgan fingerprint density at radius 1 is 1.38 bits per heavy atom. The van der Waals surface area contributed by atoms with Crippen LogP contribution < -0.4 is 5.32 Å². The van der Waals surface area contributed by atoms with E-state index in [1.54, 1.807) is 11.3 Å². The standard InChI is InChI=1S/C17H26N2OS/c1-17(2,3)15-10-21-16(19-15)9-14(20)13-8-11-6-4-5-7-12(11)18-13/h10-13,18H,4-9H2,1-3H3. The zero-order valence-corrected chi connectivity index (χ0v) is 14.1. The summed E-state index contributed by atoms with van der Waals surface area (Å²) in [4.78, 5) is 17.2. The number of nitrogens with one attached hydrogen (secondary N) is 1. The summed E-state index contributed by atoms with van der Waals surface area (Å²) < 4.78 is 0. The molecule has 0 amide bonds. The van der Waals surface area contributed by atoms with Crippen molar-refractivity contribution in [2.75, 3.05) is 0 Å². The van der Waals surface area contributed by atoms with E-state index in [0.29, 0.717) is 18.2 Å². The van der Waals surface area contributed by atoms with E-state index in [0.717, 1.165) is 23.0 Å². The van der Waals surface area contributed by atoms with Crippen LogP contribution in [0.5, 0.6) is 0 Å². The maximum Gasteiger partial charge on any atom is 0.156 e. The van der Waals surface area contributed by atoms with Crippen molar-refractivity contribution in [1.29, 1.82) is 0 Å². The van der Waals surface area contributed by atoms with Crippen LogP contribution in [0, 0.1) is 5.92 Å². The average molecular weight is 306 g/mol. The van der Waals surface area contributed by atoms with Crippen LogP contribution in [0.1, 0.15) is 63.6 Å². The van der Waals surface area contributed by atoms with E-state index in [1.807, 2.05) is 0 Å². The van der Waals surface area contributed by atoms with Crippen LogP contribution in [0.4, 0.5) is 0 Å². The van der Waals surface area contributed by atoms with Crippen LogP contribution in [0.2, 0.25) is 0 Å². The van der Waals surface area contributed by atoms with Gasteiger partial charge < -0.3 is 5.32 Å². The molecule has 0 bridgehead atoms. The number of rotatable bonds is 3. The molecule has 3 nitrogen and oxygen atoms in total. The summed E-state index contributed by atoms with van der Waals surface area (Å²) >= 11 is 1.63. The van der Waals surface area contributed by atoms with Crippen LogP contribution in [0.15, 0.2) is 5.38 Å². The van der Waals surface area contributed by atoms with Crippen molar-refractivity contribution in [1.82, 2.24) is 10.3 Å². The lowest BCUT2D eigenvalue weighted by Crippen LogP contribution is -2.37. The molecule has 1 N–H and O–H groups in total. The largest absolute Gasteiger partial charge is 0.304 e. The molecule has 1 saturated heterocycles. The summed E-state index contributed by atoms with van der Waals surface area (Å²) in [6, 6.07) is 0.661. The Kier molecular flexibility index (Phi) is 4.19. The van der Waals surface area contributed by atoms with E-state index >= 15 is 0 Å². The Balaban J connectivity index is 1.60. The molecule has 1 aromatic heterocycles. The van der Waals surface area contributed by atoms with Gasteiger partial charge in [0.25, 0.3) is 0 Å². The van der Waals surface area contributed by atoms with Gasteiger partial charge >= 0.3 is 0 Å². The summed E-state index contributed by atoms with van der Waals surface area (Å²) in [5, 5.41) is 6.65. The first-order valence-corrected chi connectivity index (χ1v) is 9.05. The number of carbonyl (C=O) groups is 1. The predicted octanol–water partition coefficient (Wildman–Crippen LogP) is 3.47. The minimum absolute atomic E-state index is 0.0678. The number of hydrogen-bond acceptors (Lipinski definition) is 4. The van der Waals surface area contributed by atoms with Gasteiger partial charge in [-0.2, -0.15) is 0 Å². The Labute approximate surface area is 131 Å². The third-order valence-electron chi connectivity index (χ3n) is 4.90. The predicted molar refractivity (Wildman–Crippen MR) is 86.8 cm³/mol. The van der Waals surface area contributed by atoms with Gasteiger partial charge in [-0.1, -0.05) is 33.6 Å². The fraction of sp³-hybridized carbons (Fsp3) is 0.765.